The Bertz CT molecular complexity index is 426. The summed E-state index contributed by atoms with van der Waals surface area (Å²) in [6.07, 6.45) is 5.37. The van der Waals surface area contributed by atoms with Gasteiger partial charge in [0, 0.05) is 25.5 Å². The zero-order valence-electron chi connectivity index (χ0n) is 11.6. The Balaban J connectivity index is 2.40. The van der Waals surface area contributed by atoms with E-state index in [0.29, 0.717) is 19.7 Å². The van der Waals surface area contributed by atoms with Crippen LogP contribution in [0.1, 0.15) is 31.7 Å². The molecule has 5 nitrogen and oxygen atoms in total. The molecule has 1 aromatic heterocycles. The number of amides is 1. The van der Waals surface area contributed by atoms with Crippen LogP contribution in [0.25, 0.3) is 0 Å². The van der Waals surface area contributed by atoms with Crippen LogP contribution < -0.4 is 0 Å². The third-order valence-corrected chi connectivity index (χ3v) is 3.00. The molecule has 0 saturated heterocycles. The van der Waals surface area contributed by atoms with Gasteiger partial charge in [0.05, 0.1) is 13.0 Å². The number of pyridine rings is 1. The summed E-state index contributed by atoms with van der Waals surface area (Å²) >= 11 is 3.83. The number of aromatic nitrogens is 1. The molecule has 0 radical (unpaired) electrons. The van der Waals surface area contributed by atoms with Crippen LogP contribution in [0.2, 0.25) is 0 Å². The maximum absolute atomic E-state index is 11.5. The van der Waals surface area contributed by atoms with E-state index in [1.54, 1.807) is 18.5 Å². The molecule has 0 aliphatic rings. The first-order valence-electron chi connectivity index (χ1n) is 6.66. The van der Waals surface area contributed by atoms with Gasteiger partial charge in [-0.15, -0.1) is 0 Å². The minimum absolute atomic E-state index is 0.177. The lowest BCUT2D eigenvalue weighted by molar-refractivity contribution is -0.143. The summed E-state index contributed by atoms with van der Waals surface area (Å²) in [7, 11) is 0. The van der Waals surface area contributed by atoms with E-state index in [9.17, 15) is 9.59 Å². The highest BCUT2D eigenvalue weighted by Gasteiger charge is 2.13. The highest BCUT2D eigenvalue weighted by Crippen LogP contribution is 2.07. The number of ether oxygens (including phenoxy) is 1. The molecule has 0 saturated carbocycles. The maximum Gasteiger partial charge on any atom is 0.307 e. The summed E-state index contributed by atoms with van der Waals surface area (Å²) in [6, 6.07) is 3.67. The van der Waals surface area contributed by atoms with E-state index in [0.717, 1.165) is 18.4 Å². The molecule has 0 unspecified atom stereocenters. The highest BCUT2D eigenvalue weighted by molar-refractivity contribution is 7.96. The number of esters is 1. The molecule has 0 spiro atoms. The molecule has 110 valence electrons. The summed E-state index contributed by atoms with van der Waals surface area (Å²) in [5.74, 6) is -0.288. The van der Waals surface area contributed by atoms with Crippen LogP contribution in [0.5, 0.6) is 0 Å². The van der Waals surface area contributed by atoms with Gasteiger partial charge in [0.25, 0.3) is 5.24 Å². The molecular weight excluding hydrogens is 276 g/mol. The Kier molecular flexibility index (Phi) is 7.72. The van der Waals surface area contributed by atoms with Crippen molar-refractivity contribution in [2.75, 3.05) is 13.2 Å². The lowest BCUT2D eigenvalue weighted by Crippen LogP contribution is -2.28. The van der Waals surface area contributed by atoms with Gasteiger partial charge >= 0.3 is 5.97 Å². The average Bonchev–Trinajstić information content (AvgIpc) is 2.44. The van der Waals surface area contributed by atoms with E-state index in [4.69, 9.17) is 4.74 Å². The fourth-order valence-electron chi connectivity index (χ4n) is 1.58. The monoisotopic (exact) mass is 296 g/mol. The molecule has 0 atom stereocenters. The molecule has 20 heavy (non-hydrogen) atoms. The van der Waals surface area contributed by atoms with E-state index in [1.165, 1.54) is 4.90 Å². The standard InChI is InChI=1S/C14H20N2O3S/c1-2-3-9-19-13(17)6-8-16(14(18)20)11-12-5-4-7-15-10-12/h4-5,7,10H,2-3,6,8-9,11H2,1H3,(H,18,20). The largest absolute Gasteiger partial charge is 0.466 e. The van der Waals surface area contributed by atoms with Gasteiger partial charge < -0.3 is 9.64 Å². The first-order chi connectivity index (χ1) is 9.63. The molecule has 1 rings (SSSR count). The van der Waals surface area contributed by atoms with Gasteiger partial charge in [-0.25, -0.2) is 0 Å². The van der Waals surface area contributed by atoms with Crippen LogP contribution in [0.3, 0.4) is 0 Å². The van der Waals surface area contributed by atoms with Gasteiger partial charge in [0.1, 0.15) is 0 Å². The summed E-state index contributed by atoms with van der Waals surface area (Å²) in [4.78, 5) is 28.4. The Hall–Kier alpha value is -1.56. The quantitative estimate of drug-likeness (QED) is 0.455. The Morgan fingerprint density at radius 3 is 2.85 bits per heavy atom. The molecule has 0 N–H and O–H groups in total. The molecule has 6 heteroatoms. The van der Waals surface area contributed by atoms with E-state index < -0.39 is 0 Å². The molecule has 1 amide bonds. The van der Waals surface area contributed by atoms with Crippen LogP contribution in [0.15, 0.2) is 24.5 Å². The summed E-state index contributed by atoms with van der Waals surface area (Å²) in [5, 5.41) is -0.366. The topological polar surface area (TPSA) is 59.5 Å². The van der Waals surface area contributed by atoms with Crippen molar-refractivity contribution in [2.45, 2.75) is 32.7 Å². The SMILES string of the molecule is CCCCOC(=O)CCN(Cc1cccnc1)C(=O)S. The van der Waals surface area contributed by atoms with Gasteiger partial charge in [0.15, 0.2) is 0 Å². The van der Waals surface area contributed by atoms with Gasteiger partial charge in [-0.3, -0.25) is 14.6 Å². The van der Waals surface area contributed by atoms with Crippen molar-refractivity contribution in [3.63, 3.8) is 0 Å². The zero-order chi connectivity index (χ0) is 14.8. The van der Waals surface area contributed by atoms with Crippen molar-refractivity contribution in [1.82, 2.24) is 9.88 Å². The smallest absolute Gasteiger partial charge is 0.307 e. The molecule has 0 aliphatic heterocycles. The number of unbranched alkanes of at least 4 members (excludes halogenated alkanes) is 1. The number of thiol groups is 1. The Morgan fingerprint density at radius 2 is 2.25 bits per heavy atom. The predicted octanol–water partition coefficient (Wildman–Crippen LogP) is 2.67. The third kappa shape index (κ3) is 6.56. The molecule has 0 fully saturated rings. The zero-order valence-corrected chi connectivity index (χ0v) is 12.5. The minimum atomic E-state index is -0.366. The molecular formula is C14H20N2O3S. The number of hydrogen-bond donors (Lipinski definition) is 1. The number of carbonyl (C=O) groups excluding carboxylic acids is 2. The number of hydrogen-bond acceptors (Lipinski definition) is 4. The molecule has 1 aromatic rings. The van der Waals surface area contributed by atoms with Crippen molar-refractivity contribution in [1.29, 1.82) is 0 Å². The van der Waals surface area contributed by atoms with E-state index >= 15 is 0 Å². The normalized spacial score (nSPS) is 10.1. The summed E-state index contributed by atoms with van der Waals surface area (Å²) < 4.78 is 5.05. The lowest BCUT2D eigenvalue weighted by Gasteiger charge is -2.19. The maximum atomic E-state index is 11.5. The van der Waals surface area contributed by atoms with Gasteiger partial charge in [0.2, 0.25) is 0 Å². The molecule has 0 aliphatic carbocycles. The van der Waals surface area contributed by atoms with Gasteiger partial charge in [-0.05, 0) is 18.1 Å². The summed E-state index contributed by atoms with van der Waals surface area (Å²) in [6.45, 7) is 3.15. The second kappa shape index (κ2) is 9.36. The average molecular weight is 296 g/mol. The van der Waals surface area contributed by atoms with Crippen molar-refractivity contribution >= 4 is 23.8 Å². The minimum Gasteiger partial charge on any atom is -0.466 e. The van der Waals surface area contributed by atoms with Crippen molar-refractivity contribution in [3.8, 4) is 0 Å². The highest BCUT2D eigenvalue weighted by atomic mass is 32.1. The summed E-state index contributed by atoms with van der Waals surface area (Å²) in [5.41, 5.74) is 0.897. The van der Waals surface area contributed by atoms with Crippen molar-refractivity contribution < 1.29 is 14.3 Å². The second-order valence-electron chi connectivity index (χ2n) is 4.39. The van der Waals surface area contributed by atoms with E-state index in [2.05, 4.69) is 17.6 Å². The predicted molar refractivity (Wildman–Crippen MR) is 79.5 cm³/mol. The van der Waals surface area contributed by atoms with Gasteiger partial charge in [-0.2, -0.15) is 0 Å². The second-order valence-corrected chi connectivity index (χ2v) is 4.77. The molecule has 0 aromatic carbocycles. The van der Waals surface area contributed by atoms with Crippen LogP contribution in [0, 0.1) is 0 Å². The number of nitrogens with zero attached hydrogens (tertiary/aromatic N) is 2. The van der Waals surface area contributed by atoms with E-state index in [-0.39, 0.29) is 17.6 Å². The van der Waals surface area contributed by atoms with Gasteiger partial charge in [-0.1, -0.05) is 32.0 Å². The van der Waals surface area contributed by atoms with Crippen LogP contribution in [0.4, 0.5) is 4.79 Å². The number of rotatable bonds is 8. The van der Waals surface area contributed by atoms with Crippen LogP contribution in [-0.2, 0) is 16.1 Å². The molecule has 0 bridgehead atoms. The third-order valence-electron chi connectivity index (χ3n) is 2.71. The van der Waals surface area contributed by atoms with E-state index in [1.807, 2.05) is 13.0 Å². The van der Waals surface area contributed by atoms with Crippen LogP contribution >= 0.6 is 12.6 Å². The first-order valence-corrected chi connectivity index (χ1v) is 7.10. The fraction of sp³-hybridized carbons (Fsp3) is 0.500. The molecule has 1 heterocycles. The Labute approximate surface area is 124 Å². The van der Waals surface area contributed by atoms with Crippen LogP contribution in [-0.4, -0.2) is 34.2 Å². The van der Waals surface area contributed by atoms with Crippen molar-refractivity contribution in [2.24, 2.45) is 0 Å². The van der Waals surface area contributed by atoms with Crippen molar-refractivity contribution in [3.05, 3.63) is 30.1 Å². The lowest BCUT2D eigenvalue weighted by atomic mass is 10.2. The number of carbonyl (C=O) groups is 2. The first kappa shape index (κ1) is 16.5. The fourth-order valence-corrected chi connectivity index (χ4v) is 1.75. The Morgan fingerprint density at radius 1 is 1.45 bits per heavy atom.